The Labute approximate surface area is 87.8 Å². The molecule has 1 fully saturated rings. The van der Waals surface area contributed by atoms with Gasteiger partial charge in [0.05, 0.1) is 16.8 Å². The lowest BCUT2D eigenvalue weighted by molar-refractivity contribution is -0.137. The van der Waals surface area contributed by atoms with E-state index in [1.165, 1.54) is 0 Å². The summed E-state index contributed by atoms with van der Waals surface area (Å²) in [7, 11) is 0. The molecular weight excluding hydrogens is 200 g/mol. The number of Topliss-reactive ketones (excluding diaryl/α,β-unsaturated/α-hetero) is 1. The van der Waals surface area contributed by atoms with Gasteiger partial charge < -0.3 is 9.47 Å². The largest absolute Gasteiger partial charge is 0.467 e. The third-order valence-corrected chi connectivity index (χ3v) is 3.99. The molecule has 4 heteroatoms. The Kier molecular flexibility index (Phi) is 2.83. The number of ether oxygens (including phenoxy) is 2. The highest BCUT2D eigenvalue weighted by Crippen LogP contribution is 2.39. The molecule has 14 heavy (non-hydrogen) atoms. The molecule has 78 valence electrons. The average molecular weight is 214 g/mol. The second-order valence-electron chi connectivity index (χ2n) is 3.60. The first-order valence-corrected chi connectivity index (χ1v) is 5.73. The fourth-order valence-corrected chi connectivity index (χ4v) is 2.96. The highest BCUT2D eigenvalue weighted by molar-refractivity contribution is 8.04. The van der Waals surface area contributed by atoms with Gasteiger partial charge in [-0.3, -0.25) is 4.79 Å². The van der Waals surface area contributed by atoms with Gasteiger partial charge in [0.2, 0.25) is 6.29 Å². The number of carbonyl (C=O) groups is 1. The van der Waals surface area contributed by atoms with Crippen LogP contribution in [-0.2, 0) is 14.3 Å². The van der Waals surface area contributed by atoms with Crippen molar-refractivity contribution in [1.82, 2.24) is 0 Å². The van der Waals surface area contributed by atoms with Crippen molar-refractivity contribution in [1.29, 1.82) is 0 Å². The molecule has 1 saturated heterocycles. The zero-order valence-electron chi connectivity index (χ0n) is 8.41. The lowest BCUT2D eigenvalue weighted by Crippen LogP contribution is -2.37. The van der Waals surface area contributed by atoms with Crippen molar-refractivity contribution in [2.24, 2.45) is 0 Å². The van der Waals surface area contributed by atoms with Crippen LogP contribution < -0.4 is 0 Å². The molecule has 0 radical (unpaired) electrons. The molecule has 0 aromatic carbocycles. The molecule has 0 saturated carbocycles. The van der Waals surface area contributed by atoms with Gasteiger partial charge in [0.15, 0.2) is 5.78 Å². The predicted molar refractivity (Wildman–Crippen MR) is 54.8 cm³/mol. The Hall–Kier alpha value is -0.480. The van der Waals surface area contributed by atoms with Crippen molar-refractivity contribution in [3.05, 3.63) is 10.7 Å². The average Bonchev–Trinajstić information content (AvgIpc) is 2.16. The number of rotatable bonds is 1. The Morgan fingerprint density at radius 1 is 1.57 bits per heavy atom. The molecule has 2 aliphatic rings. The van der Waals surface area contributed by atoms with Crippen LogP contribution in [0.25, 0.3) is 0 Å². The first-order chi connectivity index (χ1) is 6.68. The van der Waals surface area contributed by atoms with Crippen LogP contribution in [0.1, 0.15) is 26.7 Å². The summed E-state index contributed by atoms with van der Waals surface area (Å²) in [4.78, 5) is 12.0. The summed E-state index contributed by atoms with van der Waals surface area (Å²) in [6.07, 6.45) is 1.98. The summed E-state index contributed by atoms with van der Waals surface area (Å²) < 4.78 is 11.1. The quantitative estimate of drug-likeness (QED) is 0.669. The highest BCUT2D eigenvalue weighted by atomic mass is 32.2. The van der Waals surface area contributed by atoms with Crippen molar-refractivity contribution >= 4 is 17.5 Å². The van der Waals surface area contributed by atoms with Gasteiger partial charge >= 0.3 is 0 Å². The molecule has 0 bridgehead atoms. The number of allylic oxidation sites excluding steroid dienone is 2. The van der Waals surface area contributed by atoms with E-state index < -0.39 is 0 Å². The van der Waals surface area contributed by atoms with E-state index in [1.54, 1.807) is 18.7 Å². The molecule has 2 aliphatic heterocycles. The molecule has 2 rings (SSSR count). The van der Waals surface area contributed by atoms with E-state index in [0.29, 0.717) is 11.0 Å². The zero-order valence-corrected chi connectivity index (χ0v) is 9.23. The van der Waals surface area contributed by atoms with Gasteiger partial charge in [-0.2, -0.15) is 0 Å². The molecule has 3 nitrogen and oxygen atoms in total. The maximum Gasteiger partial charge on any atom is 0.211 e. The lowest BCUT2D eigenvalue weighted by atomic mass is 10.2. The number of fused-ring (bicyclic) bond motifs is 1. The number of thioether (sulfide) groups is 1. The van der Waals surface area contributed by atoms with Gasteiger partial charge in [0.25, 0.3) is 0 Å². The second kappa shape index (κ2) is 3.95. The minimum absolute atomic E-state index is 0.0940. The van der Waals surface area contributed by atoms with E-state index in [2.05, 4.69) is 0 Å². The van der Waals surface area contributed by atoms with Gasteiger partial charge in [0, 0.05) is 0 Å². The fraction of sp³-hybridized carbons (Fsp3) is 0.700. The minimum atomic E-state index is -0.142. The summed E-state index contributed by atoms with van der Waals surface area (Å²) in [6, 6.07) is 0. The van der Waals surface area contributed by atoms with Crippen LogP contribution in [0.5, 0.6) is 0 Å². The third kappa shape index (κ3) is 1.81. The van der Waals surface area contributed by atoms with Crippen molar-refractivity contribution in [2.75, 3.05) is 6.61 Å². The predicted octanol–water partition coefficient (Wildman–Crippen LogP) is 2.08. The molecule has 0 spiro atoms. The van der Waals surface area contributed by atoms with Crippen LogP contribution in [0, 0.1) is 0 Å². The van der Waals surface area contributed by atoms with E-state index in [-0.39, 0.29) is 12.1 Å². The summed E-state index contributed by atoms with van der Waals surface area (Å²) in [5.74, 6) is 0.808. The minimum Gasteiger partial charge on any atom is -0.467 e. The van der Waals surface area contributed by atoms with Crippen LogP contribution in [0.15, 0.2) is 10.7 Å². The Morgan fingerprint density at radius 3 is 3.07 bits per heavy atom. The van der Waals surface area contributed by atoms with Crippen molar-refractivity contribution in [3.63, 3.8) is 0 Å². The van der Waals surface area contributed by atoms with Gasteiger partial charge in [-0.25, -0.2) is 0 Å². The molecule has 0 aromatic rings. The van der Waals surface area contributed by atoms with E-state index in [4.69, 9.17) is 9.47 Å². The van der Waals surface area contributed by atoms with E-state index in [9.17, 15) is 4.79 Å². The Balaban J connectivity index is 2.17. The summed E-state index contributed by atoms with van der Waals surface area (Å²) in [6.45, 7) is 4.18. The second-order valence-corrected chi connectivity index (χ2v) is 4.85. The normalized spacial score (nSPS) is 32.1. The van der Waals surface area contributed by atoms with Gasteiger partial charge in [-0.15, -0.1) is 11.8 Å². The van der Waals surface area contributed by atoms with E-state index in [1.807, 2.05) is 6.92 Å². The van der Waals surface area contributed by atoms with E-state index in [0.717, 1.165) is 24.4 Å². The summed E-state index contributed by atoms with van der Waals surface area (Å²) in [5.41, 5.74) is 0. The highest BCUT2D eigenvalue weighted by Gasteiger charge is 2.35. The molecule has 2 atom stereocenters. The number of hydrogen-bond acceptors (Lipinski definition) is 4. The fourth-order valence-electron chi connectivity index (χ4n) is 1.74. The summed E-state index contributed by atoms with van der Waals surface area (Å²) >= 11 is 1.61. The van der Waals surface area contributed by atoms with Crippen molar-refractivity contribution in [3.8, 4) is 0 Å². The third-order valence-electron chi connectivity index (χ3n) is 2.42. The maximum absolute atomic E-state index is 11.3. The smallest absolute Gasteiger partial charge is 0.211 e. The Morgan fingerprint density at radius 2 is 2.36 bits per heavy atom. The number of ketones is 1. The molecule has 0 aliphatic carbocycles. The zero-order chi connectivity index (χ0) is 10.1. The van der Waals surface area contributed by atoms with Crippen LogP contribution >= 0.6 is 11.8 Å². The number of carbonyl (C=O) groups excluding carboxylic acids is 1. The first kappa shape index (κ1) is 10.1. The van der Waals surface area contributed by atoms with Gasteiger partial charge in [-0.05, 0) is 26.7 Å². The molecule has 0 N–H and O–H groups in total. The Bertz CT molecular complexity index is 285. The SMILES string of the molecule is CC(=O)C1=C(C)O[C@H]2OCCC[C@H]2S1. The molecular formula is C10H14O3S. The number of hydrogen-bond donors (Lipinski definition) is 0. The van der Waals surface area contributed by atoms with Crippen molar-refractivity contribution < 1.29 is 14.3 Å². The topological polar surface area (TPSA) is 35.5 Å². The van der Waals surface area contributed by atoms with Crippen molar-refractivity contribution in [2.45, 2.75) is 38.2 Å². The van der Waals surface area contributed by atoms with Crippen LogP contribution in [0.4, 0.5) is 0 Å². The van der Waals surface area contributed by atoms with Gasteiger partial charge in [0.1, 0.15) is 5.76 Å². The van der Waals surface area contributed by atoms with Crippen LogP contribution in [-0.4, -0.2) is 23.9 Å². The van der Waals surface area contributed by atoms with E-state index >= 15 is 0 Å². The molecule has 0 amide bonds. The molecule has 0 unspecified atom stereocenters. The van der Waals surface area contributed by atoms with Gasteiger partial charge in [-0.1, -0.05) is 0 Å². The maximum atomic E-state index is 11.3. The van der Waals surface area contributed by atoms with Crippen LogP contribution in [0.3, 0.4) is 0 Å². The molecule has 0 aromatic heterocycles. The first-order valence-electron chi connectivity index (χ1n) is 4.85. The van der Waals surface area contributed by atoms with Crippen LogP contribution in [0.2, 0.25) is 0 Å². The summed E-state index contributed by atoms with van der Waals surface area (Å²) in [5, 5.41) is 0.298. The monoisotopic (exact) mass is 214 g/mol. The lowest BCUT2D eigenvalue weighted by Gasteiger charge is -2.35. The molecule has 2 heterocycles. The standard InChI is InChI=1S/C10H14O3S/c1-6(11)9-7(2)13-10-8(14-9)4-3-5-12-10/h8,10H,3-5H2,1-2H3/t8-,10-/m1/s1.